The quantitative estimate of drug-likeness (QED) is 0.380. The van der Waals surface area contributed by atoms with E-state index < -0.39 is 4.92 Å². The van der Waals surface area contributed by atoms with Crippen LogP contribution in [0, 0.1) is 10.1 Å². The topological polar surface area (TPSA) is 69.4 Å². The Kier molecular flexibility index (Phi) is 1.80. The van der Waals surface area contributed by atoms with Crippen LogP contribution in [0.25, 0.3) is 0 Å². The Bertz CT molecular complexity index is 460. The molecule has 1 aliphatic heterocycles. The van der Waals surface area contributed by atoms with E-state index in [0.29, 0.717) is 11.3 Å². The maximum absolute atomic E-state index is 10.4. The third-order valence-corrected chi connectivity index (χ3v) is 1.95. The van der Waals surface area contributed by atoms with Gasteiger partial charge in [0.1, 0.15) is 5.75 Å². The SMILES string of the molecule is O=C=C1Cc2cc([N+](=O)[O-])ccc2O1. The molecule has 0 spiro atoms. The summed E-state index contributed by atoms with van der Waals surface area (Å²) in [6.45, 7) is 0. The highest BCUT2D eigenvalue weighted by molar-refractivity contribution is 5.58. The van der Waals surface area contributed by atoms with Crippen LogP contribution >= 0.6 is 0 Å². The lowest BCUT2D eigenvalue weighted by Crippen LogP contribution is -1.88. The lowest BCUT2D eigenvalue weighted by atomic mass is 10.1. The molecular formula is C9H5NO4. The van der Waals surface area contributed by atoms with Crippen molar-refractivity contribution in [1.82, 2.24) is 0 Å². The van der Waals surface area contributed by atoms with Crippen molar-refractivity contribution >= 4 is 11.6 Å². The van der Waals surface area contributed by atoms with E-state index in [1.807, 2.05) is 0 Å². The van der Waals surface area contributed by atoms with E-state index in [1.165, 1.54) is 18.2 Å². The van der Waals surface area contributed by atoms with Gasteiger partial charge in [-0.1, -0.05) is 0 Å². The zero-order chi connectivity index (χ0) is 10.1. The van der Waals surface area contributed by atoms with Crippen LogP contribution in [0.4, 0.5) is 5.69 Å². The molecule has 70 valence electrons. The van der Waals surface area contributed by atoms with E-state index in [2.05, 4.69) is 0 Å². The Labute approximate surface area is 78.8 Å². The van der Waals surface area contributed by atoms with E-state index in [9.17, 15) is 14.9 Å². The lowest BCUT2D eigenvalue weighted by molar-refractivity contribution is -0.384. The molecule has 0 N–H and O–H groups in total. The van der Waals surface area contributed by atoms with Crippen molar-refractivity contribution in [1.29, 1.82) is 0 Å². The van der Waals surface area contributed by atoms with Gasteiger partial charge in [-0.05, 0) is 6.07 Å². The summed E-state index contributed by atoms with van der Waals surface area (Å²) >= 11 is 0. The number of benzene rings is 1. The molecule has 0 aliphatic carbocycles. The average molecular weight is 191 g/mol. The molecule has 0 bridgehead atoms. The predicted octanol–water partition coefficient (Wildman–Crippen LogP) is 1.25. The van der Waals surface area contributed by atoms with Crippen molar-refractivity contribution in [3.05, 3.63) is 39.6 Å². The van der Waals surface area contributed by atoms with Gasteiger partial charge in [0.05, 0.1) is 4.92 Å². The number of nitro groups is 1. The molecule has 0 fully saturated rings. The molecule has 5 heteroatoms. The number of non-ortho nitro benzene ring substituents is 1. The maximum Gasteiger partial charge on any atom is 0.269 e. The molecule has 0 radical (unpaired) electrons. The van der Waals surface area contributed by atoms with Gasteiger partial charge in [-0.15, -0.1) is 0 Å². The molecule has 0 saturated carbocycles. The highest BCUT2D eigenvalue weighted by Gasteiger charge is 2.20. The predicted molar refractivity (Wildman–Crippen MR) is 46.6 cm³/mol. The molecule has 1 aliphatic rings. The zero-order valence-corrected chi connectivity index (χ0v) is 7.02. The minimum absolute atomic E-state index is 0.000464. The summed E-state index contributed by atoms with van der Waals surface area (Å²) in [7, 11) is 0. The van der Waals surface area contributed by atoms with E-state index in [-0.39, 0.29) is 17.9 Å². The van der Waals surface area contributed by atoms with Gasteiger partial charge >= 0.3 is 0 Å². The Hall–Kier alpha value is -2.13. The Morgan fingerprint density at radius 1 is 1.50 bits per heavy atom. The smallest absolute Gasteiger partial charge is 0.269 e. The molecule has 1 heterocycles. The first-order valence-electron chi connectivity index (χ1n) is 3.90. The summed E-state index contributed by atoms with van der Waals surface area (Å²) in [5, 5.41) is 10.4. The normalized spacial score (nSPS) is 13.0. The van der Waals surface area contributed by atoms with Crippen molar-refractivity contribution < 1.29 is 14.5 Å². The van der Waals surface area contributed by atoms with Crippen molar-refractivity contribution in [2.24, 2.45) is 0 Å². The van der Waals surface area contributed by atoms with E-state index >= 15 is 0 Å². The first-order valence-corrected chi connectivity index (χ1v) is 3.90. The van der Waals surface area contributed by atoms with Crippen molar-refractivity contribution in [3.63, 3.8) is 0 Å². The van der Waals surface area contributed by atoms with E-state index in [1.54, 1.807) is 5.94 Å². The van der Waals surface area contributed by atoms with Gasteiger partial charge in [-0.3, -0.25) is 10.1 Å². The molecule has 0 saturated heterocycles. The standard InChI is InChI=1S/C9H5NO4/c11-5-8-4-6-3-7(10(12)13)1-2-9(6)14-8/h1-3H,4H2. The molecule has 0 unspecified atom stereocenters. The van der Waals surface area contributed by atoms with Gasteiger partial charge in [0.15, 0.2) is 11.7 Å². The first kappa shape index (κ1) is 8.47. The van der Waals surface area contributed by atoms with Crippen LogP contribution in [0.2, 0.25) is 0 Å². The number of hydrogen-bond acceptors (Lipinski definition) is 4. The van der Waals surface area contributed by atoms with Crippen LogP contribution in [0.3, 0.4) is 0 Å². The van der Waals surface area contributed by atoms with Crippen molar-refractivity contribution in [3.8, 4) is 5.75 Å². The van der Waals surface area contributed by atoms with Gasteiger partial charge < -0.3 is 4.74 Å². The van der Waals surface area contributed by atoms with E-state index in [4.69, 9.17) is 4.74 Å². The van der Waals surface area contributed by atoms with Gasteiger partial charge in [-0.25, -0.2) is 4.79 Å². The molecule has 14 heavy (non-hydrogen) atoms. The highest BCUT2D eigenvalue weighted by atomic mass is 16.6. The van der Waals surface area contributed by atoms with Crippen LogP contribution in [0.5, 0.6) is 5.75 Å². The van der Waals surface area contributed by atoms with Crippen molar-refractivity contribution in [2.75, 3.05) is 0 Å². The summed E-state index contributed by atoms with van der Waals surface area (Å²) in [5.74, 6) is 2.30. The molecule has 0 aromatic heterocycles. The van der Waals surface area contributed by atoms with Crippen LogP contribution in [-0.2, 0) is 11.2 Å². The Morgan fingerprint density at radius 2 is 2.29 bits per heavy atom. The van der Waals surface area contributed by atoms with Crippen LogP contribution in [0.1, 0.15) is 5.56 Å². The van der Waals surface area contributed by atoms with Crippen LogP contribution in [0.15, 0.2) is 24.0 Å². The number of ether oxygens (including phenoxy) is 1. The van der Waals surface area contributed by atoms with E-state index in [0.717, 1.165) is 0 Å². The van der Waals surface area contributed by atoms with Gasteiger partial charge in [0.25, 0.3) is 5.69 Å². The number of nitro benzene ring substituents is 1. The molecular weight excluding hydrogens is 186 g/mol. The summed E-state index contributed by atoms with van der Waals surface area (Å²) < 4.78 is 5.06. The summed E-state index contributed by atoms with van der Waals surface area (Å²) in [6.07, 6.45) is 0.278. The number of carbonyl (C=O) groups excluding carboxylic acids is 1. The molecule has 1 aromatic rings. The summed E-state index contributed by atoms with van der Waals surface area (Å²) in [5.41, 5.74) is 0.650. The molecule has 2 rings (SSSR count). The van der Waals surface area contributed by atoms with Gasteiger partial charge in [-0.2, -0.15) is 0 Å². The number of nitrogens with zero attached hydrogens (tertiary/aromatic N) is 1. The molecule has 0 amide bonds. The fourth-order valence-corrected chi connectivity index (χ4v) is 1.32. The van der Waals surface area contributed by atoms with Crippen molar-refractivity contribution in [2.45, 2.75) is 6.42 Å². The second-order valence-corrected chi connectivity index (χ2v) is 2.85. The number of fused-ring (bicyclic) bond motifs is 1. The van der Waals surface area contributed by atoms with Gasteiger partial charge in [0, 0.05) is 24.1 Å². The molecule has 0 atom stereocenters. The largest absolute Gasteiger partial charge is 0.449 e. The fraction of sp³-hybridized carbons (Fsp3) is 0.111. The molecule has 1 aromatic carbocycles. The second-order valence-electron chi connectivity index (χ2n) is 2.85. The van der Waals surface area contributed by atoms with Crippen LogP contribution in [-0.4, -0.2) is 10.9 Å². The third kappa shape index (κ3) is 1.26. The molecule has 5 nitrogen and oxygen atoms in total. The zero-order valence-electron chi connectivity index (χ0n) is 7.02. The Morgan fingerprint density at radius 3 is 2.93 bits per heavy atom. The Balaban J connectivity index is 2.45. The summed E-state index contributed by atoms with van der Waals surface area (Å²) in [6, 6.07) is 4.23. The minimum atomic E-state index is -0.483. The maximum atomic E-state index is 10.4. The van der Waals surface area contributed by atoms with Gasteiger partial charge in [0.2, 0.25) is 0 Å². The average Bonchev–Trinajstić information content (AvgIpc) is 2.58. The van der Waals surface area contributed by atoms with Crippen LogP contribution < -0.4 is 4.74 Å². The summed E-state index contributed by atoms with van der Waals surface area (Å²) in [4.78, 5) is 20.2. The highest BCUT2D eigenvalue weighted by Crippen LogP contribution is 2.32. The monoisotopic (exact) mass is 191 g/mol. The fourth-order valence-electron chi connectivity index (χ4n) is 1.32. The number of rotatable bonds is 1. The third-order valence-electron chi connectivity index (χ3n) is 1.95. The number of hydrogen-bond donors (Lipinski definition) is 0. The lowest BCUT2D eigenvalue weighted by Gasteiger charge is -1.95. The number of allylic oxidation sites excluding steroid dienone is 1. The minimum Gasteiger partial charge on any atom is -0.449 e. The first-order chi connectivity index (χ1) is 6.70. The second kappa shape index (κ2) is 2.97.